The number of imide groups is 1. The molecule has 0 unspecified atom stereocenters. The monoisotopic (exact) mass is 556 g/mol. The van der Waals surface area contributed by atoms with Crippen LogP contribution in [-0.2, 0) is 29.4 Å². The molecule has 0 radical (unpaired) electrons. The molecule has 0 spiro atoms. The molecule has 2 aliphatic heterocycles. The lowest BCUT2D eigenvalue weighted by atomic mass is 9.77. The largest absolute Gasteiger partial charge is 0.871 e. The molecule has 9 heteroatoms. The number of methoxy groups -OCH3 is 1. The van der Waals surface area contributed by atoms with Gasteiger partial charge >= 0.3 is 5.97 Å². The number of hydroxylamine groups is 2. The van der Waals surface area contributed by atoms with Crippen molar-refractivity contribution in [3.63, 3.8) is 0 Å². The van der Waals surface area contributed by atoms with Gasteiger partial charge in [-0.05, 0) is 44.4 Å². The van der Waals surface area contributed by atoms with Crippen LogP contribution in [0.2, 0.25) is 0 Å². The quantitative estimate of drug-likeness (QED) is 0.190. The van der Waals surface area contributed by atoms with Gasteiger partial charge < -0.3 is 14.7 Å². The molecule has 0 atom stereocenters. The topological polar surface area (TPSA) is 116 Å². The molecule has 1 saturated heterocycles. The lowest BCUT2D eigenvalue weighted by molar-refractivity contribution is -0.438. The maximum Gasteiger partial charge on any atom is 0.333 e. The summed E-state index contributed by atoms with van der Waals surface area (Å²) in [5.74, 6) is -1.49. The molecule has 3 aliphatic rings. The highest BCUT2D eigenvalue weighted by Gasteiger charge is 2.45. The van der Waals surface area contributed by atoms with E-state index in [1.54, 1.807) is 37.5 Å². The highest BCUT2D eigenvalue weighted by Crippen LogP contribution is 2.42. The number of allylic oxidation sites excluding steroid dienone is 3. The molecular formula is C32H32N2O7. The van der Waals surface area contributed by atoms with Gasteiger partial charge in [-0.3, -0.25) is 14.4 Å². The molecule has 0 bridgehead atoms. The number of hydrogen-bond donors (Lipinski definition) is 0. The van der Waals surface area contributed by atoms with E-state index in [4.69, 9.17) is 9.57 Å². The zero-order valence-corrected chi connectivity index (χ0v) is 23.4. The Hall–Kier alpha value is -4.53. The van der Waals surface area contributed by atoms with Crippen molar-refractivity contribution in [3.8, 4) is 5.75 Å². The van der Waals surface area contributed by atoms with Crippen LogP contribution in [0.15, 0.2) is 65.9 Å². The molecule has 2 heterocycles. The van der Waals surface area contributed by atoms with Crippen LogP contribution in [0.1, 0.15) is 63.5 Å². The first-order valence-electron chi connectivity index (χ1n) is 13.8. The van der Waals surface area contributed by atoms with Crippen molar-refractivity contribution in [1.82, 2.24) is 5.06 Å². The van der Waals surface area contributed by atoms with Crippen LogP contribution in [-0.4, -0.2) is 52.6 Å². The van der Waals surface area contributed by atoms with E-state index in [-0.39, 0.29) is 42.0 Å². The average Bonchev–Trinajstić information content (AvgIpc) is 3.39. The summed E-state index contributed by atoms with van der Waals surface area (Å²) in [5, 5.41) is 13.7. The Morgan fingerprint density at radius 2 is 1.68 bits per heavy atom. The second kappa shape index (κ2) is 11.2. The van der Waals surface area contributed by atoms with E-state index in [0.29, 0.717) is 35.8 Å². The van der Waals surface area contributed by atoms with Crippen molar-refractivity contribution in [2.45, 2.75) is 57.8 Å². The second-order valence-corrected chi connectivity index (χ2v) is 10.9. The van der Waals surface area contributed by atoms with Gasteiger partial charge in [0.05, 0.1) is 12.5 Å². The first kappa shape index (κ1) is 28.0. The summed E-state index contributed by atoms with van der Waals surface area (Å²) in [6.07, 6.45) is 3.91. The van der Waals surface area contributed by atoms with Crippen LogP contribution >= 0.6 is 0 Å². The minimum absolute atomic E-state index is 0.0623. The van der Waals surface area contributed by atoms with Gasteiger partial charge in [0, 0.05) is 54.5 Å². The third kappa shape index (κ3) is 5.19. The minimum Gasteiger partial charge on any atom is -0.871 e. The number of ether oxygens (including phenoxy) is 1. The maximum atomic E-state index is 13.2. The van der Waals surface area contributed by atoms with Gasteiger partial charge in [0.25, 0.3) is 11.8 Å². The van der Waals surface area contributed by atoms with E-state index in [1.807, 2.05) is 18.2 Å². The van der Waals surface area contributed by atoms with Crippen LogP contribution in [0.4, 0.5) is 5.69 Å². The van der Waals surface area contributed by atoms with E-state index >= 15 is 0 Å². The Balaban J connectivity index is 1.31. The summed E-state index contributed by atoms with van der Waals surface area (Å²) >= 11 is 0. The fourth-order valence-corrected chi connectivity index (χ4v) is 5.56. The Morgan fingerprint density at radius 1 is 1.00 bits per heavy atom. The molecule has 9 nitrogen and oxygen atoms in total. The molecule has 1 aliphatic carbocycles. The van der Waals surface area contributed by atoms with Crippen molar-refractivity contribution in [3.05, 3.63) is 77.1 Å². The number of benzene rings is 2. The molecule has 2 aromatic rings. The zero-order valence-electron chi connectivity index (χ0n) is 23.4. The number of nitrogens with zero attached hydrogens (tertiary/aromatic N) is 2. The number of carbonyl (C=O) groups is 4. The number of rotatable bonds is 10. The third-order valence-electron chi connectivity index (χ3n) is 7.86. The van der Waals surface area contributed by atoms with Crippen LogP contribution in [0.5, 0.6) is 5.75 Å². The van der Waals surface area contributed by atoms with Crippen LogP contribution < -0.4 is 9.84 Å². The summed E-state index contributed by atoms with van der Waals surface area (Å²) in [6, 6.07) is 14.9. The average molecular weight is 557 g/mol. The van der Waals surface area contributed by atoms with E-state index in [9.17, 15) is 24.3 Å². The van der Waals surface area contributed by atoms with Gasteiger partial charge in [0.1, 0.15) is 12.3 Å². The highest BCUT2D eigenvalue weighted by atomic mass is 16.7. The predicted molar refractivity (Wildman–Crippen MR) is 148 cm³/mol. The zero-order chi connectivity index (χ0) is 29.3. The summed E-state index contributed by atoms with van der Waals surface area (Å²) in [7, 11) is 1.56. The Morgan fingerprint density at radius 3 is 2.34 bits per heavy atom. The van der Waals surface area contributed by atoms with Crippen LogP contribution in [0, 0.1) is 0 Å². The van der Waals surface area contributed by atoms with Gasteiger partial charge in [0.15, 0.2) is 11.5 Å². The van der Waals surface area contributed by atoms with Gasteiger partial charge in [-0.25, -0.2) is 4.79 Å². The summed E-state index contributed by atoms with van der Waals surface area (Å²) in [6.45, 7) is 4.78. The molecule has 1 fully saturated rings. The van der Waals surface area contributed by atoms with E-state index in [0.717, 1.165) is 23.4 Å². The number of amides is 2. The molecule has 0 N–H and O–H groups in total. The van der Waals surface area contributed by atoms with Gasteiger partial charge in [-0.15, -0.1) is 5.06 Å². The predicted octanol–water partition coefficient (Wildman–Crippen LogP) is 3.52. The third-order valence-corrected chi connectivity index (χ3v) is 7.86. The highest BCUT2D eigenvalue weighted by molar-refractivity contribution is 6.40. The molecule has 41 heavy (non-hydrogen) atoms. The van der Waals surface area contributed by atoms with Gasteiger partial charge in [-0.1, -0.05) is 36.1 Å². The van der Waals surface area contributed by atoms with Crippen LogP contribution in [0.25, 0.3) is 5.57 Å². The van der Waals surface area contributed by atoms with Crippen molar-refractivity contribution in [2.75, 3.05) is 13.7 Å². The number of para-hydroxylation sites is 1. The van der Waals surface area contributed by atoms with E-state index in [1.165, 1.54) is 0 Å². The Kier molecular flexibility index (Phi) is 7.62. The first-order chi connectivity index (χ1) is 19.6. The van der Waals surface area contributed by atoms with E-state index in [2.05, 4.69) is 24.5 Å². The molecule has 2 amide bonds. The number of unbranched alkanes of at least 4 members (excludes halogenated alkanes) is 2. The molecule has 5 rings (SSSR count). The molecule has 0 saturated carbocycles. The maximum absolute atomic E-state index is 13.2. The summed E-state index contributed by atoms with van der Waals surface area (Å²) < 4.78 is 7.32. The smallest absolute Gasteiger partial charge is 0.333 e. The lowest BCUT2D eigenvalue weighted by Crippen LogP contribution is -2.33. The van der Waals surface area contributed by atoms with Gasteiger partial charge in [-0.2, -0.15) is 4.58 Å². The number of hydrogen-bond acceptors (Lipinski definition) is 7. The summed E-state index contributed by atoms with van der Waals surface area (Å²) in [5.41, 5.74) is 3.50. The van der Waals surface area contributed by atoms with Gasteiger partial charge in [0.2, 0.25) is 5.69 Å². The fraction of sp³-hybridized carbons (Fsp3) is 0.344. The number of fused-ring (bicyclic) bond motifs is 1. The van der Waals surface area contributed by atoms with Crippen molar-refractivity contribution in [1.29, 1.82) is 0 Å². The number of Topliss-reactive ketones (excluding diaryl/α,β-unsaturated/α-hetero) is 1. The number of carbonyl (C=O) groups excluding carboxylic acids is 4. The second-order valence-electron chi connectivity index (χ2n) is 10.9. The molecular weight excluding hydrogens is 524 g/mol. The SMILES string of the molecule is COc1ccc(C2=C([O-])/C(=C/C3=[N+](CCCCCC(=O)ON4C(=O)CCC4=O)c4ccccc4C3(C)C)C2=O)cc1. The van der Waals surface area contributed by atoms with Crippen molar-refractivity contribution < 1.29 is 38.4 Å². The fourth-order valence-electron chi connectivity index (χ4n) is 5.56. The van der Waals surface area contributed by atoms with Crippen LogP contribution in [0.3, 0.4) is 0 Å². The molecule has 212 valence electrons. The number of ketones is 1. The minimum atomic E-state index is -0.607. The Labute approximate surface area is 238 Å². The summed E-state index contributed by atoms with van der Waals surface area (Å²) in [4.78, 5) is 53.5. The first-order valence-corrected chi connectivity index (χ1v) is 13.8. The van der Waals surface area contributed by atoms with Crippen molar-refractivity contribution in [2.24, 2.45) is 0 Å². The van der Waals surface area contributed by atoms with Crippen molar-refractivity contribution >= 4 is 40.5 Å². The standard InChI is InChI=1S/C32H32N2O7/c1-32(2)23-9-6-7-10-24(23)33(18-8-4-5-11-28(37)41-34-26(35)16-17-27(34)36)25(32)19-22-30(38)29(31(22)39)20-12-14-21(40-3)15-13-20/h6-7,9-10,12-15,19H,4-5,8,11,16-18H2,1-3H3. The Bertz CT molecular complexity index is 1510. The van der Waals surface area contributed by atoms with E-state index < -0.39 is 23.2 Å². The normalized spacial score (nSPS) is 18.8. The molecule has 2 aromatic carbocycles. The lowest BCUT2D eigenvalue weighted by Gasteiger charge is -2.31. The molecule has 0 aromatic heterocycles.